The highest BCUT2D eigenvalue weighted by Crippen LogP contribution is 2.27. The van der Waals surface area contributed by atoms with Crippen LogP contribution in [-0.4, -0.2) is 5.78 Å². The van der Waals surface area contributed by atoms with Crippen LogP contribution in [0.2, 0.25) is 5.02 Å². The summed E-state index contributed by atoms with van der Waals surface area (Å²) in [7, 11) is 0. The first kappa shape index (κ1) is 13.4. The van der Waals surface area contributed by atoms with Crippen LogP contribution in [0.5, 0.6) is 0 Å². The predicted molar refractivity (Wildman–Crippen MR) is 80.3 cm³/mol. The SMILES string of the molecule is CC(=O)c1cc(Nc2cccc(Cl)c2C)ccc1N. The molecule has 2 aromatic carbocycles. The van der Waals surface area contributed by atoms with Gasteiger partial charge in [0.1, 0.15) is 0 Å². The van der Waals surface area contributed by atoms with Crippen LogP contribution in [0.1, 0.15) is 22.8 Å². The molecule has 19 heavy (non-hydrogen) atoms. The Labute approximate surface area is 117 Å². The molecule has 0 heterocycles. The molecule has 0 unspecified atom stereocenters. The molecule has 4 heteroatoms. The standard InChI is InChI=1S/C15H15ClN2O/c1-9-13(16)4-3-5-15(9)18-11-6-7-14(17)12(8-11)10(2)19/h3-8,18H,17H2,1-2H3. The number of hydrogen-bond acceptors (Lipinski definition) is 3. The molecule has 3 N–H and O–H groups in total. The average molecular weight is 275 g/mol. The quantitative estimate of drug-likeness (QED) is 0.652. The lowest BCUT2D eigenvalue weighted by Gasteiger charge is -2.12. The van der Waals surface area contributed by atoms with Gasteiger partial charge in [0.2, 0.25) is 0 Å². The summed E-state index contributed by atoms with van der Waals surface area (Å²) < 4.78 is 0. The summed E-state index contributed by atoms with van der Waals surface area (Å²) in [4.78, 5) is 11.5. The Morgan fingerprint density at radius 3 is 2.68 bits per heavy atom. The number of hydrogen-bond donors (Lipinski definition) is 2. The number of nitrogens with one attached hydrogen (secondary N) is 1. The second-order valence-corrected chi connectivity index (χ2v) is 4.80. The Balaban J connectivity index is 2.36. The number of nitrogen functional groups attached to an aromatic ring is 1. The van der Waals surface area contributed by atoms with Gasteiger partial charge in [-0.1, -0.05) is 17.7 Å². The molecule has 3 nitrogen and oxygen atoms in total. The Hall–Kier alpha value is -2.00. The van der Waals surface area contributed by atoms with Gasteiger partial charge in [-0.3, -0.25) is 4.79 Å². The van der Waals surface area contributed by atoms with Gasteiger partial charge in [-0.2, -0.15) is 0 Å². The van der Waals surface area contributed by atoms with Crippen LogP contribution in [0.3, 0.4) is 0 Å². The maximum absolute atomic E-state index is 11.5. The van der Waals surface area contributed by atoms with E-state index >= 15 is 0 Å². The summed E-state index contributed by atoms with van der Waals surface area (Å²) in [5.74, 6) is -0.0519. The summed E-state index contributed by atoms with van der Waals surface area (Å²) in [5.41, 5.74) is 9.46. The van der Waals surface area contributed by atoms with E-state index in [1.54, 1.807) is 12.1 Å². The van der Waals surface area contributed by atoms with Gasteiger partial charge in [-0.05, 0) is 49.7 Å². The van der Waals surface area contributed by atoms with Gasteiger partial charge in [-0.15, -0.1) is 0 Å². The second kappa shape index (κ2) is 5.33. The molecule has 0 atom stereocenters. The minimum Gasteiger partial charge on any atom is -0.398 e. The lowest BCUT2D eigenvalue weighted by atomic mass is 10.1. The predicted octanol–water partition coefficient (Wildman–Crippen LogP) is 4.18. The molecule has 0 aliphatic carbocycles. The van der Waals surface area contributed by atoms with Crippen molar-refractivity contribution in [2.45, 2.75) is 13.8 Å². The van der Waals surface area contributed by atoms with E-state index in [9.17, 15) is 4.79 Å². The molecular weight excluding hydrogens is 260 g/mol. The lowest BCUT2D eigenvalue weighted by molar-refractivity contribution is 0.101. The van der Waals surface area contributed by atoms with E-state index in [4.69, 9.17) is 17.3 Å². The maximum atomic E-state index is 11.5. The van der Waals surface area contributed by atoms with E-state index in [2.05, 4.69) is 5.32 Å². The smallest absolute Gasteiger partial charge is 0.161 e. The molecule has 0 aliphatic rings. The third-order valence-electron chi connectivity index (χ3n) is 2.98. The molecule has 0 saturated heterocycles. The van der Waals surface area contributed by atoms with Crippen molar-refractivity contribution in [1.29, 1.82) is 0 Å². The van der Waals surface area contributed by atoms with Crippen LogP contribution in [0.15, 0.2) is 36.4 Å². The first-order valence-corrected chi connectivity index (χ1v) is 6.29. The van der Waals surface area contributed by atoms with Crippen LogP contribution in [-0.2, 0) is 0 Å². The molecule has 0 spiro atoms. The molecule has 2 aromatic rings. The highest BCUT2D eigenvalue weighted by atomic mass is 35.5. The molecule has 2 rings (SSSR count). The van der Waals surface area contributed by atoms with Crippen molar-refractivity contribution in [3.63, 3.8) is 0 Å². The largest absolute Gasteiger partial charge is 0.398 e. The minimum atomic E-state index is -0.0519. The Morgan fingerprint density at radius 1 is 1.26 bits per heavy atom. The molecule has 0 aliphatic heterocycles. The zero-order chi connectivity index (χ0) is 14.0. The number of anilines is 3. The van der Waals surface area contributed by atoms with Gasteiger partial charge in [0.05, 0.1) is 0 Å². The topological polar surface area (TPSA) is 55.1 Å². The fourth-order valence-electron chi connectivity index (χ4n) is 1.84. The van der Waals surface area contributed by atoms with E-state index in [0.717, 1.165) is 16.9 Å². The van der Waals surface area contributed by atoms with Crippen molar-refractivity contribution in [2.75, 3.05) is 11.1 Å². The molecule has 0 amide bonds. The average Bonchev–Trinajstić information content (AvgIpc) is 2.37. The normalized spacial score (nSPS) is 10.3. The van der Waals surface area contributed by atoms with Crippen molar-refractivity contribution >= 4 is 34.4 Å². The molecular formula is C15H15ClN2O. The first-order chi connectivity index (χ1) is 8.99. The highest BCUT2D eigenvalue weighted by molar-refractivity contribution is 6.31. The van der Waals surface area contributed by atoms with Crippen molar-refractivity contribution in [3.05, 3.63) is 52.5 Å². The minimum absolute atomic E-state index is 0.0519. The van der Waals surface area contributed by atoms with Gasteiger partial charge in [0.25, 0.3) is 0 Å². The molecule has 0 fully saturated rings. The fraction of sp³-hybridized carbons (Fsp3) is 0.133. The van der Waals surface area contributed by atoms with Crippen molar-refractivity contribution < 1.29 is 4.79 Å². The van der Waals surface area contributed by atoms with Crippen LogP contribution < -0.4 is 11.1 Å². The molecule has 0 bridgehead atoms. The van der Waals surface area contributed by atoms with Gasteiger partial charge >= 0.3 is 0 Å². The summed E-state index contributed by atoms with van der Waals surface area (Å²) in [6.45, 7) is 3.44. The number of benzene rings is 2. The van der Waals surface area contributed by atoms with Crippen LogP contribution in [0.25, 0.3) is 0 Å². The number of halogens is 1. The van der Waals surface area contributed by atoms with Gasteiger partial charge in [0.15, 0.2) is 5.78 Å². The Kier molecular flexibility index (Phi) is 3.76. The zero-order valence-corrected chi connectivity index (χ0v) is 11.6. The highest BCUT2D eigenvalue weighted by Gasteiger charge is 2.07. The Bertz CT molecular complexity index is 638. The van der Waals surface area contributed by atoms with Crippen LogP contribution in [0.4, 0.5) is 17.1 Å². The van der Waals surface area contributed by atoms with E-state index < -0.39 is 0 Å². The number of carbonyl (C=O) groups excluding carboxylic acids is 1. The van der Waals surface area contributed by atoms with Crippen LogP contribution in [0, 0.1) is 6.92 Å². The van der Waals surface area contributed by atoms with Crippen LogP contribution >= 0.6 is 11.6 Å². The van der Waals surface area contributed by atoms with E-state index in [1.165, 1.54) is 6.92 Å². The fourth-order valence-corrected chi connectivity index (χ4v) is 2.01. The van der Waals surface area contributed by atoms with Gasteiger partial charge in [0, 0.05) is 27.6 Å². The van der Waals surface area contributed by atoms with E-state index in [-0.39, 0.29) is 5.78 Å². The molecule has 0 aromatic heterocycles. The molecule has 0 saturated carbocycles. The number of nitrogens with two attached hydrogens (primary N) is 1. The van der Waals surface area contributed by atoms with Crippen molar-refractivity contribution in [3.8, 4) is 0 Å². The monoisotopic (exact) mass is 274 g/mol. The Morgan fingerprint density at radius 2 is 2.00 bits per heavy atom. The number of ketones is 1. The molecule has 98 valence electrons. The first-order valence-electron chi connectivity index (χ1n) is 5.91. The summed E-state index contributed by atoms with van der Waals surface area (Å²) in [5, 5.41) is 3.94. The van der Waals surface area contributed by atoms with Gasteiger partial charge < -0.3 is 11.1 Å². The third-order valence-corrected chi connectivity index (χ3v) is 3.39. The number of rotatable bonds is 3. The third kappa shape index (κ3) is 2.88. The van der Waals surface area contributed by atoms with Crippen molar-refractivity contribution in [1.82, 2.24) is 0 Å². The summed E-state index contributed by atoms with van der Waals surface area (Å²) in [6.07, 6.45) is 0. The molecule has 0 radical (unpaired) electrons. The van der Waals surface area contributed by atoms with E-state index in [1.807, 2.05) is 31.2 Å². The zero-order valence-electron chi connectivity index (χ0n) is 10.8. The van der Waals surface area contributed by atoms with Gasteiger partial charge in [-0.25, -0.2) is 0 Å². The lowest BCUT2D eigenvalue weighted by Crippen LogP contribution is -2.01. The number of carbonyl (C=O) groups is 1. The summed E-state index contributed by atoms with van der Waals surface area (Å²) in [6, 6.07) is 11.0. The second-order valence-electron chi connectivity index (χ2n) is 4.40. The van der Waals surface area contributed by atoms with Crippen molar-refractivity contribution in [2.24, 2.45) is 0 Å². The summed E-state index contributed by atoms with van der Waals surface area (Å²) >= 11 is 6.07. The maximum Gasteiger partial charge on any atom is 0.161 e. The number of Topliss-reactive ketones (excluding diaryl/α,β-unsaturated/α-hetero) is 1. The van der Waals surface area contributed by atoms with E-state index in [0.29, 0.717) is 16.3 Å².